The molecule has 0 saturated carbocycles. The van der Waals surface area contributed by atoms with Crippen molar-refractivity contribution in [1.82, 2.24) is 0 Å². The Kier molecular flexibility index (Phi) is 7.53. The third-order valence-electron chi connectivity index (χ3n) is 4.86. The number of rotatable bonds is 9. The zero-order chi connectivity index (χ0) is 23.1. The molecule has 0 N–H and O–H groups in total. The molecule has 0 radical (unpaired) electrons. The van der Waals surface area contributed by atoms with Crippen molar-refractivity contribution >= 4 is 21.6 Å². The molecule has 7 heteroatoms. The summed E-state index contributed by atoms with van der Waals surface area (Å²) in [6, 6.07) is 20.1. The Bertz CT molecular complexity index is 1140. The molecule has 0 aliphatic heterocycles. The molecule has 32 heavy (non-hydrogen) atoms. The molecule has 6 nitrogen and oxygen atoms in total. The summed E-state index contributed by atoms with van der Waals surface area (Å²) in [7, 11) is -4.12. The van der Waals surface area contributed by atoms with Crippen molar-refractivity contribution in [3.63, 3.8) is 0 Å². The van der Waals surface area contributed by atoms with Crippen LogP contribution in [0.2, 0.25) is 0 Å². The zero-order valence-corrected chi connectivity index (χ0v) is 19.3. The first-order chi connectivity index (χ1) is 15.3. The number of amides is 1. The Balaban J connectivity index is 1.88. The summed E-state index contributed by atoms with van der Waals surface area (Å²) in [4.78, 5) is 13.2. The largest absolute Gasteiger partial charge is 0.494 e. The Labute approximate surface area is 189 Å². The second-order valence-electron chi connectivity index (χ2n) is 7.19. The van der Waals surface area contributed by atoms with Crippen LogP contribution in [0.4, 0.5) is 5.69 Å². The summed E-state index contributed by atoms with van der Waals surface area (Å²) >= 11 is 0. The van der Waals surface area contributed by atoms with Crippen molar-refractivity contribution in [1.29, 1.82) is 0 Å². The molecule has 0 spiro atoms. The highest BCUT2D eigenvalue weighted by Gasteiger charge is 2.31. The summed E-state index contributed by atoms with van der Waals surface area (Å²) in [6.45, 7) is 5.87. The summed E-state index contributed by atoms with van der Waals surface area (Å²) in [5.41, 5.74) is 2.23. The standard InChI is InChI=1S/C25H27NO5S/c1-4-20-8-10-21(11-9-20)26(32(28,29)24-16-6-19(3)7-17-24)25(27)18-31-23-14-12-22(13-15-23)30-5-2/h6-17H,4-5,18H2,1-3H3. The minimum Gasteiger partial charge on any atom is -0.494 e. The van der Waals surface area contributed by atoms with Crippen LogP contribution >= 0.6 is 0 Å². The first-order valence-electron chi connectivity index (χ1n) is 10.4. The number of carbonyl (C=O) groups excluding carboxylic acids is 1. The lowest BCUT2D eigenvalue weighted by atomic mass is 10.1. The van der Waals surface area contributed by atoms with Crippen LogP contribution in [-0.4, -0.2) is 27.5 Å². The van der Waals surface area contributed by atoms with E-state index in [1.165, 1.54) is 12.1 Å². The molecule has 0 saturated heterocycles. The van der Waals surface area contributed by atoms with E-state index in [9.17, 15) is 13.2 Å². The highest BCUT2D eigenvalue weighted by Crippen LogP contribution is 2.26. The van der Waals surface area contributed by atoms with Gasteiger partial charge < -0.3 is 9.47 Å². The van der Waals surface area contributed by atoms with E-state index >= 15 is 0 Å². The Morgan fingerprint density at radius 3 is 1.91 bits per heavy atom. The number of carbonyl (C=O) groups is 1. The highest BCUT2D eigenvalue weighted by molar-refractivity contribution is 7.93. The molecule has 0 atom stereocenters. The first kappa shape index (κ1) is 23.3. The van der Waals surface area contributed by atoms with Crippen molar-refractivity contribution in [2.24, 2.45) is 0 Å². The molecule has 168 valence electrons. The number of nitrogens with zero attached hydrogens (tertiary/aromatic N) is 1. The van der Waals surface area contributed by atoms with E-state index in [0.717, 1.165) is 21.9 Å². The second kappa shape index (κ2) is 10.3. The molecule has 0 bridgehead atoms. The van der Waals surface area contributed by atoms with Crippen LogP contribution in [0.15, 0.2) is 77.7 Å². The number of ether oxygens (including phenoxy) is 2. The lowest BCUT2D eigenvalue weighted by Crippen LogP contribution is -2.40. The number of aryl methyl sites for hydroxylation is 2. The average Bonchev–Trinajstić information content (AvgIpc) is 2.79. The SMILES string of the molecule is CCOc1ccc(OCC(=O)N(c2ccc(CC)cc2)S(=O)(=O)c2ccc(C)cc2)cc1. The third kappa shape index (κ3) is 5.48. The van der Waals surface area contributed by atoms with Crippen LogP contribution in [0.3, 0.4) is 0 Å². The number of hydrogen-bond donors (Lipinski definition) is 0. The normalized spacial score (nSPS) is 11.1. The van der Waals surface area contributed by atoms with E-state index < -0.39 is 22.5 Å². The summed E-state index contributed by atoms with van der Waals surface area (Å²) in [5.74, 6) is 0.435. The van der Waals surface area contributed by atoms with Gasteiger partial charge in [0, 0.05) is 0 Å². The van der Waals surface area contributed by atoms with Gasteiger partial charge in [0.15, 0.2) is 6.61 Å². The maximum atomic E-state index is 13.4. The molecule has 0 fully saturated rings. The van der Waals surface area contributed by atoms with E-state index in [4.69, 9.17) is 9.47 Å². The van der Waals surface area contributed by atoms with Crippen LogP contribution in [0.1, 0.15) is 25.0 Å². The summed E-state index contributed by atoms with van der Waals surface area (Å²) in [6.07, 6.45) is 0.805. The maximum Gasteiger partial charge on any atom is 0.278 e. The minimum absolute atomic E-state index is 0.0390. The number of sulfonamides is 1. The van der Waals surface area contributed by atoms with Gasteiger partial charge in [0.2, 0.25) is 0 Å². The fraction of sp³-hybridized carbons (Fsp3) is 0.240. The Morgan fingerprint density at radius 2 is 1.38 bits per heavy atom. The van der Waals surface area contributed by atoms with E-state index in [0.29, 0.717) is 18.1 Å². The van der Waals surface area contributed by atoms with E-state index in [1.807, 2.05) is 32.9 Å². The van der Waals surface area contributed by atoms with Crippen molar-refractivity contribution in [2.45, 2.75) is 32.1 Å². The van der Waals surface area contributed by atoms with Gasteiger partial charge in [-0.1, -0.05) is 36.8 Å². The predicted molar refractivity (Wildman–Crippen MR) is 125 cm³/mol. The van der Waals surface area contributed by atoms with Gasteiger partial charge in [0.1, 0.15) is 11.5 Å². The molecule has 0 aromatic heterocycles. The van der Waals surface area contributed by atoms with E-state index in [-0.39, 0.29) is 10.6 Å². The smallest absolute Gasteiger partial charge is 0.278 e. The van der Waals surface area contributed by atoms with E-state index in [1.54, 1.807) is 48.5 Å². The average molecular weight is 454 g/mol. The van der Waals surface area contributed by atoms with Crippen molar-refractivity contribution < 1.29 is 22.7 Å². The van der Waals surface area contributed by atoms with Gasteiger partial charge in [-0.05, 0) is 74.4 Å². The van der Waals surface area contributed by atoms with Gasteiger partial charge in [-0.15, -0.1) is 0 Å². The maximum absolute atomic E-state index is 13.4. The number of hydrogen-bond acceptors (Lipinski definition) is 5. The fourth-order valence-electron chi connectivity index (χ4n) is 3.10. The van der Waals surface area contributed by atoms with Gasteiger partial charge >= 0.3 is 0 Å². The van der Waals surface area contributed by atoms with Gasteiger partial charge in [-0.25, -0.2) is 8.42 Å². The summed E-state index contributed by atoms with van der Waals surface area (Å²) < 4.78 is 38.6. The molecular formula is C25H27NO5S. The number of anilines is 1. The van der Waals surface area contributed by atoms with E-state index in [2.05, 4.69) is 0 Å². The van der Waals surface area contributed by atoms with Crippen LogP contribution in [-0.2, 0) is 21.2 Å². The van der Waals surface area contributed by atoms with Crippen LogP contribution in [0.5, 0.6) is 11.5 Å². The third-order valence-corrected chi connectivity index (χ3v) is 6.62. The molecule has 0 aliphatic carbocycles. The molecule has 0 unspecified atom stereocenters. The van der Waals surface area contributed by atoms with Gasteiger partial charge in [-0.3, -0.25) is 4.79 Å². The Hall–Kier alpha value is -3.32. The molecule has 3 rings (SSSR count). The lowest BCUT2D eigenvalue weighted by molar-refractivity contribution is -0.119. The highest BCUT2D eigenvalue weighted by atomic mass is 32.2. The molecular weight excluding hydrogens is 426 g/mol. The molecule has 3 aromatic carbocycles. The molecule has 3 aromatic rings. The quantitative estimate of drug-likeness (QED) is 0.467. The van der Waals surface area contributed by atoms with Crippen molar-refractivity contribution in [3.8, 4) is 11.5 Å². The zero-order valence-electron chi connectivity index (χ0n) is 18.4. The molecule has 0 aliphatic rings. The molecule has 1 amide bonds. The number of benzene rings is 3. The van der Waals surface area contributed by atoms with Gasteiger partial charge in [0.05, 0.1) is 17.2 Å². The van der Waals surface area contributed by atoms with Crippen LogP contribution < -0.4 is 13.8 Å². The minimum atomic E-state index is -4.12. The van der Waals surface area contributed by atoms with Gasteiger partial charge in [-0.2, -0.15) is 4.31 Å². The topological polar surface area (TPSA) is 72.9 Å². The van der Waals surface area contributed by atoms with Crippen LogP contribution in [0, 0.1) is 6.92 Å². The lowest BCUT2D eigenvalue weighted by Gasteiger charge is -2.23. The molecule has 0 heterocycles. The summed E-state index contributed by atoms with van der Waals surface area (Å²) in [5, 5.41) is 0. The second-order valence-corrected chi connectivity index (χ2v) is 8.98. The van der Waals surface area contributed by atoms with Crippen molar-refractivity contribution in [3.05, 3.63) is 83.9 Å². The van der Waals surface area contributed by atoms with Gasteiger partial charge in [0.25, 0.3) is 15.9 Å². The van der Waals surface area contributed by atoms with Crippen LogP contribution in [0.25, 0.3) is 0 Å². The van der Waals surface area contributed by atoms with Crippen molar-refractivity contribution in [2.75, 3.05) is 17.5 Å². The fourth-order valence-corrected chi connectivity index (χ4v) is 4.51. The first-order valence-corrected chi connectivity index (χ1v) is 11.9. The monoisotopic (exact) mass is 453 g/mol. The predicted octanol–water partition coefficient (Wildman–Crippen LogP) is 4.76. The Morgan fingerprint density at radius 1 is 0.812 bits per heavy atom.